The molecule has 0 radical (unpaired) electrons. The van der Waals surface area contributed by atoms with Crippen LogP contribution in [-0.4, -0.2) is 18.6 Å². The molecule has 0 aromatic carbocycles. The summed E-state index contributed by atoms with van der Waals surface area (Å²) in [5, 5.41) is 3.54. The van der Waals surface area contributed by atoms with E-state index in [1.54, 1.807) is 6.20 Å². The van der Waals surface area contributed by atoms with Gasteiger partial charge in [-0.2, -0.15) is 0 Å². The lowest BCUT2D eigenvalue weighted by atomic mass is 10.2. The van der Waals surface area contributed by atoms with Gasteiger partial charge < -0.3 is 11.1 Å². The summed E-state index contributed by atoms with van der Waals surface area (Å²) in [6, 6.07) is 1.81. The van der Waals surface area contributed by atoms with E-state index < -0.39 is 0 Å². The summed E-state index contributed by atoms with van der Waals surface area (Å²) in [6.07, 6.45) is 6.48. The van der Waals surface area contributed by atoms with E-state index in [4.69, 9.17) is 17.3 Å². The third-order valence-electron chi connectivity index (χ3n) is 1.75. The van der Waals surface area contributed by atoms with Gasteiger partial charge in [0.25, 0.3) is 0 Å². The van der Waals surface area contributed by atoms with Crippen LogP contribution in [0.25, 0.3) is 6.08 Å². The van der Waals surface area contributed by atoms with E-state index in [0.29, 0.717) is 10.8 Å². The number of hydrogen-bond acceptors (Lipinski definition) is 3. The van der Waals surface area contributed by atoms with Crippen LogP contribution in [0.3, 0.4) is 0 Å². The minimum atomic E-state index is 0.486. The maximum Gasteiger partial charge on any atom is 0.136 e. The summed E-state index contributed by atoms with van der Waals surface area (Å²) in [5.74, 6) is 0. The molecule has 0 amide bonds. The van der Waals surface area contributed by atoms with E-state index in [-0.39, 0.29) is 0 Å². The first-order valence-corrected chi connectivity index (χ1v) is 4.84. The van der Waals surface area contributed by atoms with Gasteiger partial charge in [-0.05, 0) is 26.1 Å². The SMILES string of the molecule is CNCCC=Cc1cc(N)cnc1Cl. The predicted molar refractivity (Wildman–Crippen MR) is 61.2 cm³/mol. The van der Waals surface area contributed by atoms with Crippen molar-refractivity contribution in [2.45, 2.75) is 6.42 Å². The Morgan fingerprint density at radius 2 is 2.43 bits per heavy atom. The monoisotopic (exact) mass is 211 g/mol. The second-order valence-electron chi connectivity index (χ2n) is 2.94. The molecule has 0 bridgehead atoms. The Labute approximate surface area is 89.0 Å². The van der Waals surface area contributed by atoms with E-state index in [2.05, 4.69) is 10.3 Å². The van der Waals surface area contributed by atoms with Crippen LogP contribution >= 0.6 is 11.6 Å². The van der Waals surface area contributed by atoms with Crippen LogP contribution in [0.1, 0.15) is 12.0 Å². The lowest BCUT2D eigenvalue weighted by Crippen LogP contribution is -2.05. The fraction of sp³-hybridized carbons (Fsp3) is 0.300. The molecule has 1 heterocycles. The number of anilines is 1. The highest BCUT2D eigenvalue weighted by Gasteiger charge is 1.97. The molecule has 0 atom stereocenters. The van der Waals surface area contributed by atoms with Gasteiger partial charge in [0.15, 0.2) is 0 Å². The zero-order valence-electron chi connectivity index (χ0n) is 8.13. The topological polar surface area (TPSA) is 50.9 Å². The number of hydrogen-bond donors (Lipinski definition) is 2. The third-order valence-corrected chi connectivity index (χ3v) is 2.06. The van der Waals surface area contributed by atoms with E-state index in [1.165, 1.54) is 0 Å². The quantitative estimate of drug-likeness (QED) is 0.591. The third kappa shape index (κ3) is 3.36. The van der Waals surface area contributed by atoms with Crippen molar-refractivity contribution in [1.82, 2.24) is 10.3 Å². The highest BCUT2D eigenvalue weighted by atomic mass is 35.5. The summed E-state index contributed by atoms with van der Waals surface area (Å²) in [5.41, 5.74) is 7.08. The Kier molecular flexibility index (Phi) is 4.43. The molecular formula is C10H14ClN3. The maximum absolute atomic E-state index is 5.88. The van der Waals surface area contributed by atoms with Crippen LogP contribution in [0.2, 0.25) is 5.15 Å². The molecule has 4 heteroatoms. The first-order chi connectivity index (χ1) is 6.74. The van der Waals surface area contributed by atoms with Gasteiger partial charge in [0, 0.05) is 5.56 Å². The van der Waals surface area contributed by atoms with E-state index in [1.807, 2.05) is 25.3 Å². The highest BCUT2D eigenvalue weighted by molar-refractivity contribution is 6.30. The standard InChI is InChI=1S/C10H14ClN3/c1-13-5-3-2-4-8-6-9(12)7-14-10(8)11/h2,4,6-7,13H,3,5,12H2,1H3. The summed E-state index contributed by atoms with van der Waals surface area (Å²) in [7, 11) is 1.92. The predicted octanol–water partition coefficient (Wildman–Crippen LogP) is 1.94. The minimum absolute atomic E-state index is 0.486. The summed E-state index contributed by atoms with van der Waals surface area (Å²) < 4.78 is 0. The molecule has 0 saturated heterocycles. The molecule has 76 valence electrons. The van der Waals surface area contributed by atoms with E-state index in [0.717, 1.165) is 18.5 Å². The van der Waals surface area contributed by atoms with Gasteiger partial charge in [-0.15, -0.1) is 0 Å². The summed E-state index contributed by atoms with van der Waals surface area (Å²) in [4.78, 5) is 3.95. The molecule has 0 aliphatic carbocycles. The van der Waals surface area contributed by atoms with Crippen LogP contribution in [0.15, 0.2) is 18.3 Å². The number of nitrogen functional groups attached to an aromatic ring is 1. The lowest BCUT2D eigenvalue weighted by Gasteiger charge is -1.98. The normalized spacial score (nSPS) is 11.0. The molecule has 14 heavy (non-hydrogen) atoms. The number of rotatable bonds is 4. The summed E-state index contributed by atoms with van der Waals surface area (Å²) in [6.45, 7) is 0.948. The molecule has 0 saturated carbocycles. The molecule has 0 aliphatic heterocycles. The number of halogens is 1. The maximum atomic E-state index is 5.88. The van der Waals surface area contributed by atoms with Crippen LogP contribution in [-0.2, 0) is 0 Å². The average Bonchev–Trinajstić information content (AvgIpc) is 2.18. The fourth-order valence-electron chi connectivity index (χ4n) is 1.04. The van der Waals surface area contributed by atoms with Crippen molar-refractivity contribution in [2.24, 2.45) is 0 Å². The van der Waals surface area contributed by atoms with E-state index in [9.17, 15) is 0 Å². The minimum Gasteiger partial charge on any atom is -0.397 e. The van der Waals surface area contributed by atoms with Crippen molar-refractivity contribution in [3.8, 4) is 0 Å². The van der Waals surface area contributed by atoms with Crippen LogP contribution in [0.4, 0.5) is 5.69 Å². The van der Waals surface area contributed by atoms with Crippen molar-refractivity contribution < 1.29 is 0 Å². The van der Waals surface area contributed by atoms with Gasteiger partial charge in [0.1, 0.15) is 5.15 Å². The molecule has 1 aromatic rings. The second kappa shape index (κ2) is 5.62. The van der Waals surface area contributed by atoms with Crippen molar-refractivity contribution in [3.63, 3.8) is 0 Å². The fourth-order valence-corrected chi connectivity index (χ4v) is 1.20. The van der Waals surface area contributed by atoms with Crippen LogP contribution in [0.5, 0.6) is 0 Å². The van der Waals surface area contributed by atoms with Gasteiger partial charge >= 0.3 is 0 Å². The number of nitrogens with zero attached hydrogens (tertiary/aromatic N) is 1. The van der Waals surface area contributed by atoms with Gasteiger partial charge in [0.05, 0.1) is 11.9 Å². The lowest BCUT2D eigenvalue weighted by molar-refractivity contribution is 0.809. The molecule has 3 nitrogen and oxygen atoms in total. The molecule has 3 N–H and O–H groups in total. The van der Waals surface area contributed by atoms with Crippen LogP contribution in [0, 0.1) is 0 Å². The summed E-state index contributed by atoms with van der Waals surface area (Å²) >= 11 is 5.88. The molecule has 1 aromatic heterocycles. The largest absolute Gasteiger partial charge is 0.397 e. The second-order valence-corrected chi connectivity index (χ2v) is 3.30. The highest BCUT2D eigenvalue weighted by Crippen LogP contribution is 2.16. The Morgan fingerprint density at radius 3 is 3.14 bits per heavy atom. The van der Waals surface area contributed by atoms with Crippen molar-refractivity contribution in [1.29, 1.82) is 0 Å². The van der Waals surface area contributed by atoms with Gasteiger partial charge in [0.2, 0.25) is 0 Å². The van der Waals surface area contributed by atoms with Gasteiger partial charge in [-0.3, -0.25) is 0 Å². The number of nitrogens with one attached hydrogen (secondary N) is 1. The van der Waals surface area contributed by atoms with Gasteiger partial charge in [-0.1, -0.05) is 23.8 Å². The number of aromatic nitrogens is 1. The van der Waals surface area contributed by atoms with Crippen LogP contribution < -0.4 is 11.1 Å². The Bertz CT molecular complexity index is 323. The molecule has 0 spiro atoms. The van der Waals surface area contributed by atoms with Gasteiger partial charge in [-0.25, -0.2) is 4.98 Å². The molecule has 0 aliphatic rings. The molecular weight excluding hydrogens is 198 g/mol. The first kappa shape index (κ1) is 11.0. The zero-order valence-corrected chi connectivity index (χ0v) is 8.88. The van der Waals surface area contributed by atoms with Crippen molar-refractivity contribution in [2.75, 3.05) is 19.3 Å². The molecule has 0 unspecified atom stereocenters. The molecule has 1 rings (SSSR count). The van der Waals surface area contributed by atoms with E-state index >= 15 is 0 Å². The number of pyridine rings is 1. The molecule has 0 fully saturated rings. The number of nitrogens with two attached hydrogens (primary N) is 1. The Morgan fingerprint density at radius 1 is 1.64 bits per heavy atom. The zero-order chi connectivity index (χ0) is 10.4. The first-order valence-electron chi connectivity index (χ1n) is 4.46. The average molecular weight is 212 g/mol. The Balaban J connectivity index is 2.65. The smallest absolute Gasteiger partial charge is 0.136 e. The van der Waals surface area contributed by atoms with Crippen molar-refractivity contribution in [3.05, 3.63) is 29.1 Å². The Hall–Kier alpha value is -1.06. The van der Waals surface area contributed by atoms with Crippen molar-refractivity contribution >= 4 is 23.4 Å².